The first-order chi connectivity index (χ1) is 13.4. The second-order valence-electron chi connectivity index (χ2n) is 6.89. The van der Waals surface area contributed by atoms with Gasteiger partial charge < -0.3 is 30.2 Å². The minimum atomic E-state index is -0.526. The van der Waals surface area contributed by atoms with Crippen LogP contribution < -0.4 is 15.4 Å². The molecule has 0 spiro atoms. The first kappa shape index (κ1) is 19.7. The fraction of sp³-hybridized carbons (Fsp3) is 0.421. The predicted octanol–water partition coefficient (Wildman–Crippen LogP) is 2.53. The van der Waals surface area contributed by atoms with Crippen molar-refractivity contribution < 1.29 is 14.9 Å². The lowest BCUT2D eigenvalue weighted by Crippen LogP contribution is -2.17. The van der Waals surface area contributed by atoms with Gasteiger partial charge in [-0.3, -0.25) is 0 Å². The highest BCUT2D eigenvalue weighted by Crippen LogP contribution is 2.27. The molecular formula is C19H26N6O3. The number of aromatic hydroxyl groups is 1. The Balaban J connectivity index is 1.92. The van der Waals surface area contributed by atoms with Gasteiger partial charge >= 0.3 is 0 Å². The molecule has 1 aromatic carbocycles. The highest BCUT2D eigenvalue weighted by Gasteiger charge is 2.15. The van der Waals surface area contributed by atoms with Gasteiger partial charge in [-0.1, -0.05) is 0 Å². The van der Waals surface area contributed by atoms with E-state index in [0.717, 1.165) is 0 Å². The Hall–Kier alpha value is -3.07. The molecule has 150 valence electrons. The number of nitrogens with zero attached hydrogens (tertiary/aromatic N) is 4. The Kier molecular flexibility index (Phi) is 5.84. The highest BCUT2D eigenvalue weighted by molar-refractivity contribution is 5.84. The van der Waals surface area contributed by atoms with Crippen LogP contribution in [0.1, 0.15) is 32.4 Å². The van der Waals surface area contributed by atoms with Crippen molar-refractivity contribution in [3.63, 3.8) is 0 Å². The summed E-state index contributed by atoms with van der Waals surface area (Å²) in [6.45, 7) is 6.48. The largest absolute Gasteiger partial charge is 0.507 e. The molecule has 3 rings (SSSR count). The Morgan fingerprint density at radius 2 is 1.96 bits per heavy atom. The number of imidazole rings is 1. The number of methoxy groups -OCH3 is 1. The van der Waals surface area contributed by atoms with Gasteiger partial charge in [-0.15, -0.1) is 0 Å². The van der Waals surface area contributed by atoms with Crippen molar-refractivity contribution in [2.45, 2.75) is 39.5 Å². The number of aliphatic hydroxyl groups excluding tert-OH is 1. The zero-order chi connectivity index (χ0) is 20.3. The third-order valence-electron chi connectivity index (χ3n) is 4.27. The Morgan fingerprint density at radius 1 is 1.18 bits per heavy atom. The number of phenols is 1. The summed E-state index contributed by atoms with van der Waals surface area (Å²) in [5, 5.41) is 26.0. The molecule has 28 heavy (non-hydrogen) atoms. The number of anilines is 2. The van der Waals surface area contributed by atoms with Gasteiger partial charge in [0.15, 0.2) is 17.0 Å². The Bertz CT molecular complexity index is 954. The highest BCUT2D eigenvalue weighted by atomic mass is 16.5. The molecule has 3 aromatic rings. The second-order valence-corrected chi connectivity index (χ2v) is 6.89. The molecule has 9 heteroatoms. The van der Waals surface area contributed by atoms with Gasteiger partial charge in [0.2, 0.25) is 5.95 Å². The van der Waals surface area contributed by atoms with Crippen LogP contribution in [-0.2, 0) is 6.54 Å². The van der Waals surface area contributed by atoms with Gasteiger partial charge in [0.1, 0.15) is 11.5 Å². The van der Waals surface area contributed by atoms with E-state index in [1.165, 1.54) is 0 Å². The molecule has 0 aliphatic rings. The van der Waals surface area contributed by atoms with Gasteiger partial charge in [-0.25, -0.2) is 4.98 Å². The first-order valence-electron chi connectivity index (χ1n) is 9.15. The standard InChI is InChI=1S/C19H26N6O3/c1-11(2)25-10-22-16-17(23-19(24-18(16)25)21-8-12(3)26)20-9-13-5-6-14(28-4)7-15(13)27/h5-7,10-12,26-27H,8-9H2,1-4H3,(H2,20,21,23,24)/t12-/m1/s1. The molecule has 0 bridgehead atoms. The molecule has 1 atom stereocenters. The lowest BCUT2D eigenvalue weighted by atomic mass is 10.2. The fourth-order valence-corrected chi connectivity index (χ4v) is 2.73. The van der Waals surface area contributed by atoms with E-state index in [1.807, 2.05) is 4.57 Å². The van der Waals surface area contributed by atoms with Crippen molar-refractivity contribution in [1.82, 2.24) is 19.5 Å². The van der Waals surface area contributed by atoms with E-state index < -0.39 is 6.10 Å². The number of ether oxygens (including phenoxy) is 1. The molecule has 0 fully saturated rings. The van der Waals surface area contributed by atoms with Crippen LogP contribution in [0, 0.1) is 0 Å². The lowest BCUT2D eigenvalue weighted by Gasteiger charge is -2.13. The molecule has 9 nitrogen and oxygen atoms in total. The molecule has 0 unspecified atom stereocenters. The summed E-state index contributed by atoms with van der Waals surface area (Å²) in [6, 6.07) is 5.33. The molecule has 2 heterocycles. The van der Waals surface area contributed by atoms with Gasteiger partial charge in [-0.2, -0.15) is 9.97 Å². The van der Waals surface area contributed by atoms with Crippen molar-refractivity contribution in [3.05, 3.63) is 30.1 Å². The van der Waals surface area contributed by atoms with E-state index in [-0.39, 0.29) is 11.8 Å². The molecule has 0 saturated heterocycles. The number of hydrogen-bond acceptors (Lipinski definition) is 8. The van der Waals surface area contributed by atoms with Crippen molar-refractivity contribution in [2.24, 2.45) is 0 Å². The maximum absolute atomic E-state index is 10.2. The third kappa shape index (κ3) is 4.25. The van der Waals surface area contributed by atoms with Gasteiger partial charge in [0.25, 0.3) is 0 Å². The molecule has 0 aliphatic heterocycles. The number of benzene rings is 1. The van der Waals surface area contributed by atoms with E-state index in [9.17, 15) is 10.2 Å². The topological polar surface area (TPSA) is 117 Å². The molecule has 2 aromatic heterocycles. The molecular weight excluding hydrogens is 360 g/mol. The van der Waals surface area contributed by atoms with E-state index in [1.54, 1.807) is 38.6 Å². The van der Waals surface area contributed by atoms with Crippen LogP contribution in [0.3, 0.4) is 0 Å². The molecule has 4 N–H and O–H groups in total. The van der Waals surface area contributed by atoms with Gasteiger partial charge in [0.05, 0.1) is 19.5 Å². The number of aromatic nitrogens is 4. The number of nitrogens with one attached hydrogen (secondary N) is 2. The van der Waals surface area contributed by atoms with Crippen LogP contribution in [0.2, 0.25) is 0 Å². The minimum Gasteiger partial charge on any atom is -0.507 e. The van der Waals surface area contributed by atoms with Gasteiger partial charge in [0, 0.05) is 30.8 Å². The molecule has 0 amide bonds. The van der Waals surface area contributed by atoms with Crippen LogP contribution in [0.25, 0.3) is 11.2 Å². The van der Waals surface area contributed by atoms with Crippen molar-refractivity contribution in [2.75, 3.05) is 24.3 Å². The monoisotopic (exact) mass is 386 g/mol. The summed E-state index contributed by atoms with van der Waals surface area (Å²) >= 11 is 0. The van der Waals surface area contributed by atoms with Crippen molar-refractivity contribution in [3.8, 4) is 11.5 Å². The number of hydrogen-bond donors (Lipinski definition) is 4. The van der Waals surface area contributed by atoms with E-state index in [2.05, 4.69) is 39.4 Å². The van der Waals surface area contributed by atoms with Crippen molar-refractivity contribution in [1.29, 1.82) is 0 Å². The van der Waals surface area contributed by atoms with Crippen molar-refractivity contribution >= 4 is 22.9 Å². The minimum absolute atomic E-state index is 0.136. The van der Waals surface area contributed by atoms with E-state index in [4.69, 9.17) is 4.74 Å². The number of rotatable bonds is 8. The second kappa shape index (κ2) is 8.30. The van der Waals surface area contributed by atoms with Gasteiger partial charge in [-0.05, 0) is 32.9 Å². The lowest BCUT2D eigenvalue weighted by molar-refractivity contribution is 0.208. The van der Waals surface area contributed by atoms with E-state index >= 15 is 0 Å². The van der Waals surface area contributed by atoms with Crippen LogP contribution in [-0.4, -0.2) is 49.5 Å². The quantitative estimate of drug-likeness (QED) is 0.467. The number of aliphatic hydroxyl groups is 1. The third-order valence-corrected chi connectivity index (χ3v) is 4.27. The maximum Gasteiger partial charge on any atom is 0.226 e. The summed E-state index contributed by atoms with van der Waals surface area (Å²) in [6.07, 6.45) is 1.21. The summed E-state index contributed by atoms with van der Waals surface area (Å²) in [7, 11) is 1.55. The zero-order valence-electron chi connectivity index (χ0n) is 16.5. The Labute approximate surface area is 163 Å². The number of fused-ring (bicyclic) bond motifs is 1. The normalized spacial score (nSPS) is 12.4. The Morgan fingerprint density at radius 3 is 2.61 bits per heavy atom. The summed E-state index contributed by atoms with van der Waals surface area (Å²) in [4.78, 5) is 13.5. The average molecular weight is 386 g/mol. The van der Waals surface area contributed by atoms with Crippen LogP contribution in [0.4, 0.5) is 11.8 Å². The number of phenolic OH excluding ortho intramolecular Hbond substituents is 1. The van der Waals surface area contributed by atoms with Crippen LogP contribution in [0.15, 0.2) is 24.5 Å². The first-order valence-corrected chi connectivity index (χ1v) is 9.15. The summed E-state index contributed by atoms with van der Waals surface area (Å²) < 4.78 is 7.07. The molecule has 0 saturated carbocycles. The smallest absolute Gasteiger partial charge is 0.226 e. The average Bonchev–Trinajstić information content (AvgIpc) is 3.09. The fourth-order valence-electron chi connectivity index (χ4n) is 2.73. The predicted molar refractivity (Wildman–Crippen MR) is 108 cm³/mol. The van der Waals surface area contributed by atoms with E-state index in [0.29, 0.717) is 47.3 Å². The maximum atomic E-state index is 10.2. The van der Waals surface area contributed by atoms with Crippen LogP contribution >= 0.6 is 0 Å². The molecule has 0 aliphatic carbocycles. The summed E-state index contributed by atoms with van der Waals surface area (Å²) in [5.74, 6) is 1.67. The molecule has 0 radical (unpaired) electrons. The zero-order valence-corrected chi connectivity index (χ0v) is 16.5. The van der Waals surface area contributed by atoms with Crippen LogP contribution in [0.5, 0.6) is 11.5 Å². The summed E-state index contributed by atoms with van der Waals surface area (Å²) in [5.41, 5.74) is 2.04. The SMILES string of the molecule is COc1ccc(CNc2nc(NC[C@@H](C)O)nc3c2ncn3C(C)C)c(O)c1.